The van der Waals surface area contributed by atoms with Crippen LogP contribution >= 0.6 is 0 Å². The van der Waals surface area contributed by atoms with E-state index in [1.54, 1.807) is 12.2 Å². The average molecular weight is 206 g/mol. The van der Waals surface area contributed by atoms with Crippen LogP contribution in [-0.4, -0.2) is 9.78 Å². The van der Waals surface area contributed by atoms with Crippen LogP contribution in [0.1, 0.15) is 43.3 Å². The summed E-state index contributed by atoms with van der Waals surface area (Å²) in [5.74, 6) is -0.0556. The van der Waals surface area contributed by atoms with Crippen LogP contribution in [0.5, 0.6) is 0 Å². The molecule has 0 fully saturated rings. The molecule has 0 spiro atoms. The van der Waals surface area contributed by atoms with Gasteiger partial charge in [0.2, 0.25) is 0 Å². The fourth-order valence-electron chi connectivity index (χ4n) is 1.93. The lowest BCUT2D eigenvalue weighted by Crippen LogP contribution is -2.07. The number of halogens is 1. The van der Waals surface area contributed by atoms with Crippen molar-refractivity contribution < 1.29 is 4.39 Å². The average Bonchev–Trinajstić information content (AvgIpc) is 2.55. The van der Waals surface area contributed by atoms with Crippen molar-refractivity contribution in [2.24, 2.45) is 0 Å². The Labute approximate surface area is 89.1 Å². The number of nitrogens with zero attached hydrogens (tertiary/aromatic N) is 2. The first kappa shape index (κ1) is 10.1. The lowest BCUT2D eigenvalue weighted by Gasteiger charge is -2.12. The number of hydrogen-bond acceptors (Lipinski definition) is 1. The third kappa shape index (κ3) is 1.62. The van der Waals surface area contributed by atoms with Crippen molar-refractivity contribution in [1.82, 2.24) is 9.78 Å². The molecule has 1 aliphatic rings. The zero-order chi connectivity index (χ0) is 11.0. The van der Waals surface area contributed by atoms with Crippen molar-refractivity contribution in [3.63, 3.8) is 0 Å². The van der Waals surface area contributed by atoms with Gasteiger partial charge in [-0.15, -0.1) is 0 Å². The van der Waals surface area contributed by atoms with Crippen LogP contribution in [0.3, 0.4) is 0 Å². The highest BCUT2D eigenvalue weighted by atomic mass is 19.1. The molecular formula is C12H15FN2. The van der Waals surface area contributed by atoms with Gasteiger partial charge >= 0.3 is 0 Å². The molecule has 1 aliphatic carbocycles. The molecule has 0 N–H and O–H groups in total. The SMILES string of the molecule is C=Cc1nn(C(C)C)c2c1CCC(F)=C2. The minimum atomic E-state index is -0.0556. The van der Waals surface area contributed by atoms with Gasteiger partial charge in [-0.2, -0.15) is 5.10 Å². The van der Waals surface area contributed by atoms with Crippen molar-refractivity contribution in [1.29, 1.82) is 0 Å². The van der Waals surface area contributed by atoms with E-state index >= 15 is 0 Å². The van der Waals surface area contributed by atoms with Gasteiger partial charge in [-0.1, -0.05) is 6.58 Å². The fraction of sp³-hybridized carbons (Fsp3) is 0.417. The van der Waals surface area contributed by atoms with Gasteiger partial charge in [0.15, 0.2) is 0 Å². The Hall–Kier alpha value is -1.38. The van der Waals surface area contributed by atoms with E-state index in [0.717, 1.165) is 23.4 Å². The Bertz CT molecular complexity index is 427. The summed E-state index contributed by atoms with van der Waals surface area (Å²) in [6, 6.07) is 0.245. The maximum absolute atomic E-state index is 13.2. The topological polar surface area (TPSA) is 17.8 Å². The Morgan fingerprint density at radius 2 is 2.27 bits per heavy atom. The van der Waals surface area contributed by atoms with E-state index in [1.807, 2.05) is 18.5 Å². The molecular weight excluding hydrogens is 191 g/mol. The molecule has 80 valence electrons. The molecule has 0 saturated heterocycles. The van der Waals surface area contributed by atoms with Crippen LogP contribution in [0, 0.1) is 0 Å². The molecule has 0 bridgehead atoms. The minimum absolute atomic E-state index is 0.0556. The highest BCUT2D eigenvalue weighted by Gasteiger charge is 2.20. The number of allylic oxidation sites excluding steroid dienone is 1. The van der Waals surface area contributed by atoms with E-state index in [0.29, 0.717) is 6.42 Å². The predicted molar refractivity (Wildman–Crippen MR) is 60.1 cm³/mol. The number of rotatable bonds is 2. The zero-order valence-electron chi connectivity index (χ0n) is 9.13. The molecule has 1 heterocycles. The molecule has 0 saturated carbocycles. The van der Waals surface area contributed by atoms with Crippen LogP contribution < -0.4 is 0 Å². The summed E-state index contributed by atoms with van der Waals surface area (Å²) >= 11 is 0. The number of fused-ring (bicyclic) bond motifs is 1. The lowest BCUT2D eigenvalue weighted by molar-refractivity contribution is 0.521. The molecule has 3 heteroatoms. The van der Waals surface area contributed by atoms with E-state index in [1.165, 1.54) is 0 Å². The maximum atomic E-state index is 13.2. The third-order valence-corrected chi connectivity index (χ3v) is 2.67. The number of hydrogen-bond donors (Lipinski definition) is 0. The Morgan fingerprint density at radius 3 is 2.87 bits per heavy atom. The first-order valence-electron chi connectivity index (χ1n) is 5.23. The summed E-state index contributed by atoms with van der Waals surface area (Å²) in [7, 11) is 0. The molecule has 2 rings (SSSR count). The van der Waals surface area contributed by atoms with Crippen molar-refractivity contribution in [3.05, 3.63) is 29.4 Å². The normalized spacial score (nSPS) is 15.1. The van der Waals surface area contributed by atoms with Gasteiger partial charge in [0.25, 0.3) is 0 Å². The Balaban J connectivity index is 2.61. The van der Waals surface area contributed by atoms with Gasteiger partial charge in [-0.05, 0) is 32.4 Å². The monoisotopic (exact) mass is 206 g/mol. The second-order valence-electron chi connectivity index (χ2n) is 4.08. The highest BCUT2D eigenvalue weighted by Crippen LogP contribution is 2.29. The second kappa shape index (κ2) is 3.65. The van der Waals surface area contributed by atoms with Gasteiger partial charge in [-0.25, -0.2) is 4.39 Å². The molecule has 0 aliphatic heterocycles. The quantitative estimate of drug-likeness (QED) is 0.725. The molecule has 0 atom stereocenters. The summed E-state index contributed by atoms with van der Waals surface area (Å²) in [6.07, 6.45) is 4.55. The van der Waals surface area contributed by atoms with Crippen LogP contribution in [0.4, 0.5) is 4.39 Å². The summed E-state index contributed by atoms with van der Waals surface area (Å²) in [5.41, 5.74) is 2.92. The van der Waals surface area contributed by atoms with Crippen LogP contribution in [0.2, 0.25) is 0 Å². The van der Waals surface area contributed by atoms with Gasteiger partial charge in [0.1, 0.15) is 5.83 Å². The third-order valence-electron chi connectivity index (χ3n) is 2.67. The van der Waals surface area contributed by atoms with Crippen molar-refractivity contribution in [2.45, 2.75) is 32.7 Å². The van der Waals surface area contributed by atoms with Crippen LogP contribution in [0.25, 0.3) is 12.2 Å². The predicted octanol–water partition coefficient (Wildman–Crippen LogP) is 3.36. The Morgan fingerprint density at radius 1 is 1.53 bits per heavy atom. The highest BCUT2D eigenvalue weighted by molar-refractivity contribution is 5.61. The molecule has 0 amide bonds. The first-order valence-corrected chi connectivity index (χ1v) is 5.23. The van der Waals surface area contributed by atoms with E-state index in [9.17, 15) is 4.39 Å². The summed E-state index contributed by atoms with van der Waals surface area (Å²) in [6.45, 7) is 7.82. The van der Waals surface area contributed by atoms with Crippen LogP contribution in [0.15, 0.2) is 12.4 Å². The van der Waals surface area contributed by atoms with Gasteiger partial charge in [-0.3, -0.25) is 4.68 Å². The van der Waals surface area contributed by atoms with Crippen LogP contribution in [-0.2, 0) is 6.42 Å². The standard InChI is InChI=1S/C12H15FN2/c1-4-11-10-6-5-9(13)7-12(10)15(14-11)8(2)3/h4,7-8H,1,5-6H2,2-3H3. The molecule has 1 aromatic rings. The van der Waals surface area contributed by atoms with Gasteiger partial charge in [0, 0.05) is 18.0 Å². The van der Waals surface area contributed by atoms with E-state index in [4.69, 9.17) is 0 Å². The van der Waals surface area contributed by atoms with Gasteiger partial charge < -0.3 is 0 Å². The fourth-order valence-corrected chi connectivity index (χ4v) is 1.93. The molecule has 0 aromatic carbocycles. The van der Waals surface area contributed by atoms with Crippen molar-refractivity contribution in [2.75, 3.05) is 0 Å². The summed E-state index contributed by atoms with van der Waals surface area (Å²) in [5, 5.41) is 4.43. The zero-order valence-corrected chi connectivity index (χ0v) is 9.13. The van der Waals surface area contributed by atoms with Crippen molar-refractivity contribution in [3.8, 4) is 0 Å². The molecule has 0 unspecified atom stereocenters. The minimum Gasteiger partial charge on any atom is -0.262 e. The Kier molecular flexibility index (Phi) is 2.47. The van der Waals surface area contributed by atoms with E-state index in [-0.39, 0.29) is 11.9 Å². The van der Waals surface area contributed by atoms with E-state index < -0.39 is 0 Å². The van der Waals surface area contributed by atoms with Gasteiger partial charge in [0.05, 0.1) is 11.4 Å². The molecule has 0 radical (unpaired) electrons. The largest absolute Gasteiger partial charge is 0.262 e. The lowest BCUT2D eigenvalue weighted by atomic mass is 10.0. The first-order chi connectivity index (χ1) is 7.13. The maximum Gasteiger partial charge on any atom is 0.102 e. The number of aromatic nitrogens is 2. The van der Waals surface area contributed by atoms with E-state index in [2.05, 4.69) is 11.7 Å². The second-order valence-corrected chi connectivity index (χ2v) is 4.08. The molecule has 1 aromatic heterocycles. The molecule has 2 nitrogen and oxygen atoms in total. The summed E-state index contributed by atoms with van der Waals surface area (Å²) in [4.78, 5) is 0. The van der Waals surface area contributed by atoms with Crippen molar-refractivity contribution >= 4 is 12.2 Å². The smallest absolute Gasteiger partial charge is 0.102 e. The summed E-state index contributed by atoms with van der Waals surface area (Å²) < 4.78 is 15.1. The molecule has 15 heavy (non-hydrogen) atoms.